The van der Waals surface area contributed by atoms with Gasteiger partial charge in [0.25, 0.3) is 5.91 Å². The van der Waals surface area contributed by atoms with Gasteiger partial charge in [0, 0.05) is 6.20 Å². The maximum atomic E-state index is 12.2. The molecular weight excluding hydrogens is 350 g/mol. The van der Waals surface area contributed by atoms with Crippen molar-refractivity contribution in [1.29, 1.82) is 0 Å². The lowest BCUT2D eigenvalue weighted by molar-refractivity contribution is 0.0612. The number of hydrogen-bond donors (Lipinski definition) is 1. The molecule has 2 aliphatic heterocycles. The molecule has 4 atom stereocenters. The summed E-state index contributed by atoms with van der Waals surface area (Å²) in [5.41, 5.74) is 1.45. The number of aromatic nitrogens is 4. The van der Waals surface area contributed by atoms with Gasteiger partial charge < -0.3 is 19.2 Å². The molecule has 0 spiro atoms. The zero-order chi connectivity index (χ0) is 18.2. The molecule has 0 saturated carbocycles. The van der Waals surface area contributed by atoms with Crippen LogP contribution >= 0.6 is 0 Å². The minimum absolute atomic E-state index is 0.106. The maximum absolute atomic E-state index is 12.2. The molecule has 0 aromatic carbocycles. The molecule has 1 amide bonds. The number of furan rings is 1. The summed E-state index contributed by atoms with van der Waals surface area (Å²) in [4.78, 5) is 16.5. The van der Waals surface area contributed by atoms with E-state index in [1.807, 2.05) is 24.4 Å². The molecule has 2 aliphatic rings. The van der Waals surface area contributed by atoms with Crippen LogP contribution in [0.2, 0.25) is 0 Å². The topological polar surface area (TPSA) is 104 Å². The number of carbonyl (C=O) groups is 1. The Morgan fingerprint density at radius 3 is 2.85 bits per heavy atom. The SMILES string of the molecule is O=C(N[C@H]1CO[C@H]2[C@H]1OC[C@H]2n1cc(-c2ccccn2)nn1)c1ccco1. The maximum Gasteiger partial charge on any atom is 0.287 e. The zero-order valence-electron chi connectivity index (χ0n) is 14.3. The summed E-state index contributed by atoms with van der Waals surface area (Å²) in [6.45, 7) is 0.813. The lowest BCUT2D eigenvalue weighted by Gasteiger charge is -2.17. The van der Waals surface area contributed by atoms with E-state index in [-0.39, 0.29) is 36.0 Å². The van der Waals surface area contributed by atoms with Crippen LogP contribution in [0.1, 0.15) is 16.6 Å². The lowest BCUT2D eigenvalue weighted by Crippen LogP contribution is -2.44. The summed E-state index contributed by atoms with van der Waals surface area (Å²) < 4.78 is 18.7. The summed E-state index contributed by atoms with van der Waals surface area (Å²) >= 11 is 0. The van der Waals surface area contributed by atoms with E-state index in [0.29, 0.717) is 18.9 Å². The third-order valence-corrected chi connectivity index (χ3v) is 4.87. The van der Waals surface area contributed by atoms with Crippen molar-refractivity contribution in [2.24, 2.45) is 0 Å². The van der Waals surface area contributed by atoms with Crippen LogP contribution in [-0.4, -0.2) is 57.3 Å². The normalized spacial score (nSPS) is 26.8. The van der Waals surface area contributed by atoms with Gasteiger partial charge in [0.15, 0.2) is 5.76 Å². The van der Waals surface area contributed by atoms with Gasteiger partial charge in [-0.1, -0.05) is 11.3 Å². The van der Waals surface area contributed by atoms with Gasteiger partial charge >= 0.3 is 0 Å². The van der Waals surface area contributed by atoms with Crippen LogP contribution in [0.25, 0.3) is 11.4 Å². The van der Waals surface area contributed by atoms with Crippen LogP contribution in [0, 0.1) is 0 Å². The van der Waals surface area contributed by atoms with Crippen molar-refractivity contribution in [2.45, 2.75) is 24.3 Å². The molecule has 0 aliphatic carbocycles. The molecule has 27 heavy (non-hydrogen) atoms. The van der Waals surface area contributed by atoms with Gasteiger partial charge in [0.2, 0.25) is 0 Å². The summed E-state index contributed by atoms with van der Waals surface area (Å²) in [6.07, 6.45) is 4.59. The highest BCUT2D eigenvalue weighted by atomic mass is 16.6. The highest BCUT2D eigenvalue weighted by molar-refractivity contribution is 5.91. The Bertz CT molecular complexity index is 926. The quantitative estimate of drug-likeness (QED) is 0.735. The molecular formula is C18H17N5O4. The average Bonchev–Trinajstić information content (AvgIpc) is 3.47. The number of nitrogens with one attached hydrogen (secondary N) is 1. The standard InChI is InChI=1S/C18H17N5O4/c24-18(15-5-3-7-25-15)20-13-9-26-17-14(10-27-16(13)17)23-8-12(21-22-23)11-4-1-2-6-19-11/h1-8,13-14,16-17H,9-10H2,(H,20,24)/t13-,14+,16-,17+/m0/s1. The van der Waals surface area contributed by atoms with Crippen LogP contribution in [-0.2, 0) is 9.47 Å². The molecule has 0 radical (unpaired) electrons. The molecule has 0 unspecified atom stereocenters. The summed E-state index contributed by atoms with van der Waals surface area (Å²) in [6, 6.07) is 8.59. The van der Waals surface area contributed by atoms with E-state index in [9.17, 15) is 4.79 Å². The van der Waals surface area contributed by atoms with Crippen molar-refractivity contribution >= 4 is 5.91 Å². The van der Waals surface area contributed by atoms with Crippen molar-refractivity contribution in [3.05, 3.63) is 54.7 Å². The van der Waals surface area contributed by atoms with Crippen molar-refractivity contribution in [2.75, 3.05) is 13.2 Å². The fraction of sp³-hybridized carbons (Fsp3) is 0.333. The zero-order valence-corrected chi connectivity index (χ0v) is 14.3. The van der Waals surface area contributed by atoms with E-state index in [2.05, 4.69) is 20.6 Å². The molecule has 5 heterocycles. The minimum Gasteiger partial charge on any atom is -0.459 e. The number of hydrogen-bond acceptors (Lipinski definition) is 7. The lowest BCUT2D eigenvalue weighted by atomic mass is 10.1. The minimum atomic E-state index is -0.278. The first-order valence-corrected chi connectivity index (χ1v) is 8.70. The fourth-order valence-electron chi connectivity index (χ4n) is 3.55. The van der Waals surface area contributed by atoms with Gasteiger partial charge in [-0.25, -0.2) is 4.68 Å². The number of amides is 1. The smallest absolute Gasteiger partial charge is 0.287 e. The molecule has 2 saturated heterocycles. The Hall–Kier alpha value is -3.04. The predicted molar refractivity (Wildman–Crippen MR) is 91.7 cm³/mol. The second-order valence-corrected chi connectivity index (χ2v) is 6.52. The van der Waals surface area contributed by atoms with Crippen molar-refractivity contribution in [1.82, 2.24) is 25.3 Å². The second kappa shape index (κ2) is 6.60. The number of rotatable bonds is 4. The molecule has 3 aromatic rings. The number of carbonyl (C=O) groups excluding carboxylic acids is 1. The van der Waals surface area contributed by atoms with Gasteiger partial charge in [-0.2, -0.15) is 0 Å². The third kappa shape index (κ3) is 2.90. The van der Waals surface area contributed by atoms with Crippen LogP contribution in [0.4, 0.5) is 0 Å². The first-order valence-electron chi connectivity index (χ1n) is 8.70. The van der Waals surface area contributed by atoms with E-state index in [1.54, 1.807) is 23.0 Å². The van der Waals surface area contributed by atoms with Gasteiger partial charge in [0.05, 0.1) is 37.4 Å². The number of nitrogens with zero attached hydrogens (tertiary/aromatic N) is 4. The molecule has 3 aromatic heterocycles. The van der Waals surface area contributed by atoms with Crippen LogP contribution in [0.15, 0.2) is 53.4 Å². The van der Waals surface area contributed by atoms with Crippen molar-refractivity contribution in [3.63, 3.8) is 0 Å². The van der Waals surface area contributed by atoms with Crippen LogP contribution < -0.4 is 5.32 Å². The number of fused-ring (bicyclic) bond motifs is 1. The molecule has 0 bridgehead atoms. The third-order valence-electron chi connectivity index (χ3n) is 4.87. The van der Waals surface area contributed by atoms with Crippen LogP contribution in [0.5, 0.6) is 0 Å². The van der Waals surface area contributed by atoms with E-state index in [4.69, 9.17) is 13.9 Å². The fourth-order valence-corrected chi connectivity index (χ4v) is 3.55. The predicted octanol–water partition coefficient (Wildman–Crippen LogP) is 1.07. The van der Waals surface area contributed by atoms with Crippen molar-refractivity contribution in [3.8, 4) is 11.4 Å². The Morgan fingerprint density at radius 1 is 1.11 bits per heavy atom. The van der Waals surface area contributed by atoms with Gasteiger partial charge in [0.1, 0.15) is 23.9 Å². The Morgan fingerprint density at radius 2 is 2.04 bits per heavy atom. The van der Waals surface area contributed by atoms with Gasteiger partial charge in [-0.05, 0) is 24.3 Å². The Labute approximate surface area is 154 Å². The van der Waals surface area contributed by atoms with Gasteiger partial charge in [-0.3, -0.25) is 9.78 Å². The molecule has 9 heteroatoms. The second-order valence-electron chi connectivity index (χ2n) is 6.52. The Balaban J connectivity index is 1.29. The molecule has 138 valence electrons. The van der Waals surface area contributed by atoms with Crippen LogP contribution in [0.3, 0.4) is 0 Å². The Kier molecular flexibility index (Phi) is 3.95. The molecule has 1 N–H and O–H groups in total. The summed E-state index contributed by atoms with van der Waals surface area (Å²) in [7, 11) is 0. The average molecular weight is 367 g/mol. The van der Waals surface area contributed by atoms with Gasteiger partial charge in [-0.15, -0.1) is 5.10 Å². The summed E-state index contributed by atoms with van der Waals surface area (Å²) in [5, 5.41) is 11.3. The monoisotopic (exact) mass is 367 g/mol. The van der Waals surface area contributed by atoms with E-state index in [0.717, 1.165) is 5.69 Å². The largest absolute Gasteiger partial charge is 0.459 e. The molecule has 2 fully saturated rings. The first kappa shape index (κ1) is 16.2. The highest BCUT2D eigenvalue weighted by Gasteiger charge is 2.49. The number of ether oxygens (including phenoxy) is 2. The molecule has 5 rings (SSSR count). The van der Waals surface area contributed by atoms with E-state index >= 15 is 0 Å². The summed E-state index contributed by atoms with van der Waals surface area (Å²) in [5.74, 6) is -0.0104. The van der Waals surface area contributed by atoms with E-state index in [1.165, 1.54) is 6.26 Å². The van der Waals surface area contributed by atoms with Crippen molar-refractivity contribution < 1.29 is 18.7 Å². The number of pyridine rings is 1. The van der Waals surface area contributed by atoms with E-state index < -0.39 is 0 Å². The highest BCUT2D eigenvalue weighted by Crippen LogP contribution is 2.34. The first-order chi connectivity index (χ1) is 13.3. The molecule has 9 nitrogen and oxygen atoms in total.